The van der Waals surface area contributed by atoms with E-state index in [0.29, 0.717) is 34.4 Å². The van der Waals surface area contributed by atoms with E-state index in [0.717, 1.165) is 48.0 Å². The van der Waals surface area contributed by atoms with Crippen LogP contribution in [0.1, 0.15) is 36.9 Å². The molecular formula is C31H33ClN6O3. The van der Waals surface area contributed by atoms with E-state index in [9.17, 15) is 9.59 Å². The number of anilines is 3. The first-order valence-electron chi connectivity index (χ1n) is 13.7. The second kappa shape index (κ2) is 12.8. The number of likely N-dealkylation sites (tertiary alicyclic amines) is 1. The maximum Gasteiger partial charge on any atom is 0.321 e. The molecule has 10 heteroatoms. The minimum atomic E-state index is -0.749. The molecule has 3 amide bonds. The average Bonchev–Trinajstić information content (AvgIpc) is 3.52. The SMILES string of the molecule is CCOc1cc(C(Nc2ccc3c(N)nccc3c2)C(=O)NCc2cccc(NC(=O)N3CCCC3)c2)ccc1Cl. The van der Waals surface area contributed by atoms with E-state index in [4.69, 9.17) is 22.1 Å². The van der Waals surface area contributed by atoms with E-state index in [1.165, 1.54) is 0 Å². The lowest BCUT2D eigenvalue weighted by Crippen LogP contribution is -2.33. The Labute approximate surface area is 244 Å². The Morgan fingerprint density at radius 2 is 1.88 bits per heavy atom. The van der Waals surface area contributed by atoms with Gasteiger partial charge < -0.3 is 31.3 Å². The summed E-state index contributed by atoms with van der Waals surface area (Å²) in [6.07, 6.45) is 3.71. The number of carbonyl (C=O) groups excluding carboxylic acids is 2. The van der Waals surface area contributed by atoms with Crippen molar-refractivity contribution in [2.75, 3.05) is 36.1 Å². The van der Waals surface area contributed by atoms with E-state index in [2.05, 4.69) is 20.9 Å². The van der Waals surface area contributed by atoms with Gasteiger partial charge in [0.1, 0.15) is 17.6 Å². The molecule has 3 aromatic carbocycles. The summed E-state index contributed by atoms with van der Waals surface area (Å²) in [5.74, 6) is 0.710. The van der Waals surface area contributed by atoms with Crippen molar-refractivity contribution in [3.63, 3.8) is 0 Å². The van der Waals surface area contributed by atoms with Crippen LogP contribution < -0.4 is 26.4 Å². The molecular weight excluding hydrogens is 540 g/mol. The molecule has 0 spiro atoms. The van der Waals surface area contributed by atoms with Gasteiger partial charge in [-0.05, 0) is 84.8 Å². The molecule has 1 saturated heterocycles. The summed E-state index contributed by atoms with van der Waals surface area (Å²) in [7, 11) is 0. The molecule has 1 aliphatic rings. The normalized spacial score (nSPS) is 13.6. The number of benzene rings is 3. The van der Waals surface area contributed by atoms with Gasteiger partial charge in [0.25, 0.3) is 0 Å². The number of ether oxygens (including phenoxy) is 1. The maximum absolute atomic E-state index is 13.7. The van der Waals surface area contributed by atoms with Crippen LogP contribution in [-0.4, -0.2) is 41.5 Å². The number of nitrogens with two attached hydrogens (primary N) is 1. The fraction of sp³-hybridized carbons (Fsp3) is 0.258. The second-order valence-corrected chi connectivity index (χ2v) is 10.3. The molecule has 212 valence electrons. The molecule has 1 aromatic heterocycles. The number of hydrogen-bond acceptors (Lipinski definition) is 6. The van der Waals surface area contributed by atoms with Gasteiger partial charge in [0.15, 0.2) is 0 Å². The summed E-state index contributed by atoms with van der Waals surface area (Å²) in [6.45, 7) is 4.14. The van der Waals surface area contributed by atoms with Gasteiger partial charge in [-0.2, -0.15) is 0 Å². The first-order chi connectivity index (χ1) is 19.9. The van der Waals surface area contributed by atoms with Crippen molar-refractivity contribution >= 4 is 51.5 Å². The minimum absolute atomic E-state index is 0.103. The molecule has 1 atom stereocenters. The van der Waals surface area contributed by atoms with Crippen molar-refractivity contribution in [2.24, 2.45) is 0 Å². The number of nitrogens with zero attached hydrogens (tertiary/aromatic N) is 2. The average molecular weight is 573 g/mol. The van der Waals surface area contributed by atoms with Gasteiger partial charge in [-0.3, -0.25) is 4.79 Å². The summed E-state index contributed by atoms with van der Waals surface area (Å²) in [5, 5.41) is 11.6. The predicted molar refractivity (Wildman–Crippen MR) is 163 cm³/mol. The van der Waals surface area contributed by atoms with Crippen LogP contribution in [0.5, 0.6) is 5.75 Å². The van der Waals surface area contributed by atoms with E-state index in [-0.39, 0.29) is 18.5 Å². The number of nitrogen functional groups attached to an aromatic ring is 1. The Morgan fingerprint density at radius 3 is 2.68 bits per heavy atom. The molecule has 0 bridgehead atoms. The van der Waals surface area contributed by atoms with Gasteiger partial charge in [-0.25, -0.2) is 9.78 Å². The summed E-state index contributed by atoms with van der Waals surface area (Å²) in [5.41, 5.74) is 9.00. The Hall–Kier alpha value is -4.50. The molecule has 1 unspecified atom stereocenters. The Bertz CT molecular complexity index is 1560. The number of rotatable bonds is 9. The molecule has 5 rings (SSSR count). The smallest absolute Gasteiger partial charge is 0.321 e. The zero-order chi connectivity index (χ0) is 28.8. The lowest BCUT2D eigenvalue weighted by molar-refractivity contribution is -0.122. The first kappa shape index (κ1) is 28.0. The summed E-state index contributed by atoms with van der Waals surface area (Å²) >= 11 is 6.34. The molecule has 5 N–H and O–H groups in total. The zero-order valence-corrected chi connectivity index (χ0v) is 23.6. The zero-order valence-electron chi connectivity index (χ0n) is 22.8. The molecule has 0 aliphatic carbocycles. The number of halogens is 1. The van der Waals surface area contributed by atoms with Gasteiger partial charge in [-0.1, -0.05) is 29.8 Å². The van der Waals surface area contributed by atoms with Crippen molar-refractivity contribution in [2.45, 2.75) is 32.4 Å². The van der Waals surface area contributed by atoms with E-state index in [1.807, 2.05) is 60.4 Å². The van der Waals surface area contributed by atoms with Gasteiger partial charge in [0, 0.05) is 42.6 Å². The molecule has 1 aliphatic heterocycles. The van der Waals surface area contributed by atoms with Gasteiger partial charge in [0.05, 0.1) is 11.6 Å². The summed E-state index contributed by atoms with van der Waals surface area (Å²) in [6, 6.07) is 19.5. The number of aromatic nitrogens is 1. The molecule has 9 nitrogen and oxygen atoms in total. The molecule has 2 heterocycles. The minimum Gasteiger partial charge on any atom is -0.492 e. The Kier molecular flexibility index (Phi) is 8.74. The van der Waals surface area contributed by atoms with Crippen molar-refractivity contribution in [3.05, 3.63) is 89.1 Å². The topological polar surface area (TPSA) is 122 Å². The molecule has 4 aromatic rings. The van der Waals surface area contributed by atoms with Crippen LogP contribution in [0.15, 0.2) is 72.9 Å². The van der Waals surface area contributed by atoms with Gasteiger partial charge in [-0.15, -0.1) is 0 Å². The Morgan fingerprint density at radius 1 is 1.05 bits per heavy atom. The molecule has 1 fully saturated rings. The largest absolute Gasteiger partial charge is 0.492 e. The predicted octanol–water partition coefficient (Wildman–Crippen LogP) is 5.97. The molecule has 0 saturated carbocycles. The van der Waals surface area contributed by atoms with Crippen molar-refractivity contribution in [3.8, 4) is 5.75 Å². The highest BCUT2D eigenvalue weighted by Crippen LogP contribution is 2.31. The van der Waals surface area contributed by atoms with Crippen LogP contribution in [-0.2, 0) is 11.3 Å². The van der Waals surface area contributed by atoms with Crippen LogP contribution in [0.4, 0.5) is 22.0 Å². The summed E-state index contributed by atoms with van der Waals surface area (Å²) in [4.78, 5) is 32.1. The third-order valence-electron chi connectivity index (χ3n) is 7.00. The van der Waals surface area contributed by atoms with E-state index >= 15 is 0 Å². The fourth-order valence-electron chi connectivity index (χ4n) is 4.90. The standard InChI is InChI=1S/C31H33ClN6O3/c1-2-41-27-18-22(8-11-26(27)32)28(36-24-9-10-25-21(17-24)12-13-34-29(25)33)30(39)35-19-20-6-5-7-23(16-20)37-31(40)38-14-3-4-15-38/h5-13,16-18,28,36H,2-4,14-15,19H2,1H3,(H2,33,34)(H,35,39)(H,37,40). The van der Waals surface area contributed by atoms with Gasteiger partial charge in [0.2, 0.25) is 5.91 Å². The van der Waals surface area contributed by atoms with Crippen molar-refractivity contribution < 1.29 is 14.3 Å². The highest BCUT2D eigenvalue weighted by molar-refractivity contribution is 6.32. The fourth-order valence-corrected chi connectivity index (χ4v) is 5.07. The highest BCUT2D eigenvalue weighted by Gasteiger charge is 2.23. The van der Waals surface area contributed by atoms with Crippen LogP contribution in [0.2, 0.25) is 5.02 Å². The molecule has 41 heavy (non-hydrogen) atoms. The third kappa shape index (κ3) is 6.81. The number of amides is 3. The third-order valence-corrected chi connectivity index (χ3v) is 7.31. The van der Waals surface area contributed by atoms with Gasteiger partial charge >= 0.3 is 6.03 Å². The lowest BCUT2D eigenvalue weighted by Gasteiger charge is -2.22. The van der Waals surface area contributed by atoms with Crippen molar-refractivity contribution in [1.29, 1.82) is 0 Å². The summed E-state index contributed by atoms with van der Waals surface area (Å²) < 4.78 is 5.69. The quantitative estimate of drug-likeness (QED) is 0.196. The first-order valence-corrected chi connectivity index (χ1v) is 14.0. The number of carbonyl (C=O) groups is 2. The molecule has 0 radical (unpaired) electrons. The van der Waals surface area contributed by atoms with Crippen LogP contribution in [0.3, 0.4) is 0 Å². The number of pyridine rings is 1. The lowest BCUT2D eigenvalue weighted by atomic mass is 10.0. The second-order valence-electron chi connectivity index (χ2n) is 9.87. The number of nitrogens with one attached hydrogen (secondary N) is 3. The number of fused-ring (bicyclic) bond motifs is 1. The monoisotopic (exact) mass is 572 g/mol. The maximum atomic E-state index is 13.7. The van der Waals surface area contributed by atoms with Crippen molar-refractivity contribution in [1.82, 2.24) is 15.2 Å². The number of urea groups is 1. The van der Waals surface area contributed by atoms with E-state index in [1.54, 1.807) is 24.4 Å². The van der Waals surface area contributed by atoms with Crippen LogP contribution in [0.25, 0.3) is 10.8 Å². The van der Waals surface area contributed by atoms with Crippen LogP contribution in [0, 0.1) is 0 Å². The van der Waals surface area contributed by atoms with Crippen LogP contribution >= 0.6 is 11.6 Å². The Balaban J connectivity index is 1.35. The van der Waals surface area contributed by atoms with E-state index < -0.39 is 6.04 Å². The number of hydrogen-bond donors (Lipinski definition) is 4. The highest BCUT2D eigenvalue weighted by atomic mass is 35.5.